The summed E-state index contributed by atoms with van der Waals surface area (Å²) in [6.07, 6.45) is 3.00. The molecule has 5 rings (SSSR count). The van der Waals surface area contributed by atoms with Gasteiger partial charge in [0.05, 0.1) is 6.21 Å². The second-order valence-electron chi connectivity index (χ2n) is 7.44. The van der Waals surface area contributed by atoms with Gasteiger partial charge in [0.2, 0.25) is 13.6 Å². The van der Waals surface area contributed by atoms with Crippen LogP contribution >= 0.6 is 15.9 Å². The Kier molecular flexibility index (Phi) is 6.36. The van der Waals surface area contributed by atoms with Gasteiger partial charge in [0.15, 0.2) is 23.0 Å². The predicted molar refractivity (Wildman–Crippen MR) is 130 cm³/mol. The second-order valence-corrected chi connectivity index (χ2v) is 8.36. The van der Waals surface area contributed by atoms with Crippen molar-refractivity contribution in [2.24, 2.45) is 5.10 Å². The van der Waals surface area contributed by atoms with Crippen molar-refractivity contribution in [3.63, 3.8) is 0 Å². The van der Waals surface area contributed by atoms with E-state index in [0.717, 1.165) is 4.47 Å². The molecule has 0 spiro atoms. The van der Waals surface area contributed by atoms with Crippen molar-refractivity contribution < 1.29 is 28.5 Å². The summed E-state index contributed by atoms with van der Waals surface area (Å²) in [6.45, 7) is 0.295. The van der Waals surface area contributed by atoms with Crippen LogP contribution in [-0.2, 0) is 4.79 Å². The molecule has 0 radical (unpaired) electrons. The van der Waals surface area contributed by atoms with Gasteiger partial charge in [0.1, 0.15) is 5.70 Å². The van der Waals surface area contributed by atoms with Crippen LogP contribution in [0.1, 0.15) is 21.5 Å². The standard InChI is InChI=1S/C25H18BrN3O6/c26-18-5-3-17(4-6-18)24(30)28-19(9-15-1-7-20-22(10-15)34-13-32-20)25(31)29-27-12-16-2-8-21-23(11-16)35-14-33-21/h1-12H,13-14H2,(H,28,30)(H,29,31)/b19-9+,27-12-. The van der Waals surface area contributed by atoms with E-state index in [2.05, 4.69) is 31.8 Å². The zero-order valence-electron chi connectivity index (χ0n) is 18.1. The first-order valence-electron chi connectivity index (χ1n) is 10.5. The van der Waals surface area contributed by atoms with E-state index in [1.807, 2.05) is 0 Å². The fourth-order valence-electron chi connectivity index (χ4n) is 3.34. The van der Waals surface area contributed by atoms with E-state index < -0.39 is 11.8 Å². The average molecular weight is 536 g/mol. The maximum atomic E-state index is 13.0. The Hall–Kier alpha value is -4.31. The molecular weight excluding hydrogens is 518 g/mol. The minimum Gasteiger partial charge on any atom is -0.454 e. The van der Waals surface area contributed by atoms with Crippen LogP contribution in [0, 0.1) is 0 Å². The number of nitrogens with one attached hydrogen (secondary N) is 2. The van der Waals surface area contributed by atoms with Crippen molar-refractivity contribution in [1.82, 2.24) is 10.7 Å². The number of hydrogen-bond acceptors (Lipinski definition) is 7. The van der Waals surface area contributed by atoms with Crippen LogP contribution in [0.4, 0.5) is 0 Å². The molecular formula is C25H18BrN3O6. The van der Waals surface area contributed by atoms with Crippen molar-refractivity contribution >= 4 is 40.0 Å². The van der Waals surface area contributed by atoms with Gasteiger partial charge >= 0.3 is 0 Å². The molecule has 0 aliphatic carbocycles. The molecule has 0 fully saturated rings. The number of benzene rings is 3. The second kappa shape index (κ2) is 9.90. The third-order valence-corrected chi connectivity index (χ3v) is 5.61. The molecule has 176 valence electrons. The van der Waals surface area contributed by atoms with E-state index >= 15 is 0 Å². The summed E-state index contributed by atoms with van der Waals surface area (Å²) in [7, 11) is 0. The lowest BCUT2D eigenvalue weighted by Crippen LogP contribution is -2.32. The molecule has 0 unspecified atom stereocenters. The van der Waals surface area contributed by atoms with Crippen LogP contribution in [0.5, 0.6) is 23.0 Å². The van der Waals surface area contributed by atoms with E-state index in [0.29, 0.717) is 39.7 Å². The zero-order chi connectivity index (χ0) is 24.2. The van der Waals surface area contributed by atoms with Crippen LogP contribution in [-0.4, -0.2) is 31.6 Å². The van der Waals surface area contributed by atoms with E-state index in [-0.39, 0.29) is 19.3 Å². The first kappa shape index (κ1) is 22.5. The molecule has 10 heteroatoms. The Balaban J connectivity index is 1.35. The van der Waals surface area contributed by atoms with Crippen LogP contribution in [0.3, 0.4) is 0 Å². The minimum absolute atomic E-state index is 0.000351. The molecule has 0 saturated heterocycles. The number of ether oxygens (including phenoxy) is 4. The molecule has 0 atom stereocenters. The Labute approximate surface area is 208 Å². The predicted octanol–water partition coefficient (Wildman–Crippen LogP) is 3.83. The fraction of sp³-hybridized carbons (Fsp3) is 0.0800. The van der Waals surface area contributed by atoms with Gasteiger partial charge in [-0.05, 0) is 71.8 Å². The summed E-state index contributed by atoms with van der Waals surface area (Å²) in [5.74, 6) is 1.37. The summed E-state index contributed by atoms with van der Waals surface area (Å²) < 4.78 is 22.2. The van der Waals surface area contributed by atoms with Crippen molar-refractivity contribution in [3.8, 4) is 23.0 Å². The van der Waals surface area contributed by atoms with Gasteiger partial charge in [-0.2, -0.15) is 5.10 Å². The van der Waals surface area contributed by atoms with Crippen molar-refractivity contribution in [1.29, 1.82) is 0 Å². The molecule has 0 saturated carbocycles. The molecule has 3 aromatic rings. The highest BCUT2D eigenvalue weighted by atomic mass is 79.9. The highest BCUT2D eigenvalue weighted by Crippen LogP contribution is 2.33. The molecule has 0 aromatic heterocycles. The monoisotopic (exact) mass is 535 g/mol. The number of carbonyl (C=O) groups excluding carboxylic acids is 2. The lowest BCUT2D eigenvalue weighted by atomic mass is 10.1. The molecule has 2 heterocycles. The molecule has 2 aliphatic rings. The van der Waals surface area contributed by atoms with Gasteiger partial charge in [-0.1, -0.05) is 22.0 Å². The zero-order valence-corrected chi connectivity index (χ0v) is 19.7. The van der Waals surface area contributed by atoms with Crippen molar-refractivity contribution in [2.45, 2.75) is 0 Å². The number of hydrogen-bond donors (Lipinski definition) is 2. The summed E-state index contributed by atoms with van der Waals surface area (Å²) in [5.41, 5.74) is 4.18. The molecule has 35 heavy (non-hydrogen) atoms. The highest BCUT2D eigenvalue weighted by Gasteiger charge is 2.17. The number of rotatable bonds is 6. The SMILES string of the molecule is O=C(N/N=C\c1ccc2c(c1)OCO2)/C(=C\c1ccc2c(c1)OCO2)NC(=O)c1ccc(Br)cc1. The van der Waals surface area contributed by atoms with Crippen molar-refractivity contribution in [2.75, 3.05) is 13.6 Å². The van der Waals surface area contributed by atoms with Crippen molar-refractivity contribution in [3.05, 3.63) is 87.5 Å². The maximum Gasteiger partial charge on any atom is 0.287 e. The number of amides is 2. The molecule has 0 bridgehead atoms. The van der Waals surface area contributed by atoms with Gasteiger partial charge in [-0.25, -0.2) is 5.43 Å². The Morgan fingerprint density at radius 1 is 0.800 bits per heavy atom. The van der Waals surface area contributed by atoms with Gasteiger partial charge in [-0.3, -0.25) is 9.59 Å². The van der Waals surface area contributed by atoms with Gasteiger partial charge in [0, 0.05) is 10.0 Å². The van der Waals surface area contributed by atoms with E-state index in [1.165, 1.54) is 12.3 Å². The Bertz CT molecular complexity index is 1350. The smallest absolute Gasteiger partial charge is 0.287 e. The first-order valence-corrected chi connectivity index (χ1v) is 11.3. The quantitative estimate of drug-likeness (QED) is 0.282. The normalized spacial score (nSPS) is 13.7. The van der Waals surface area contributed by atoms with E-state index in [4.69, 9.17) is 18.9 Å². The number of halogens is 1. The number of nitrogens with zero attached hydrogens (tertiary/aromatic N) is 1. The van der Waals surface area contributed by atoms with E-state index in [1.54, 1.807) is 60.7 Å². The van der Waals surface area contributed by atoms with E-state index in [9.17, 15) is 9.59 Å². The number of hydrazone groups is 1. The molecule has 2 aliphatic heterocycles. The molecule has 9 nitrogen and oxygen atoms in total. The number of carbonyl (C=O) groups is 2. The van der Waals surface area contributed by atoms with Crippen LogP contribution in [0.2, 0.25) is 0 Å². The average Bonchev–Trinajstić information content (AvgIpc) is 3.52. The topological polar surface area (TPSA) is 107 Å². The Morgan fingerprint density at radius 2 is 1.40 bits per heavy atom. The molecule has 2 amide bonds. The lowest BCUT2D eigenvalue weighted by molar-refractivity contribution is -0.117. The largest absolute Gasteiger partial charge is 0.454 e. The highest BCUT2D eigenvalue weighted by molar-refractivity contribution is 9.10. The summed E-state index contributed by atoms with van der Waals surface area (Å²) >= 11 is 3.34. The third kappa shape index (κ3) is 5.28. The minimum atomic E-state index is -0.606. The molecule has 3 aromatic carbocycles. The van der Waals surface area contributed by atoms with Gasteiger partial charge in [-0.15, -0.1) is 0 Å². The third-order valence-electron chi connectivity index (χ3n) is 5.08. The van der Waals surface area contributed by atoms with Gasteiger partial charge < -0.3 is 24.3 Å². The fourth-order valence-corrected chi connectivity index (χ4v) is 3.61. The maximum absolute atomic E-state index is 13.0. The number of fused-ring (bicyclic) bond motifs is 2. The first-order chi connectivity index (χ1) is 17.0. The van der Waals surface area contributed by atoms with Gasteiger partial charge in [0.25, 0.3) is 11.8 Å². The van der Waals surface area contributed by atoms with Crippen LogP contribution in [0.15, 0.2) is 75.9 Å². The summed E-state index contributed by atoms with van der Waals surface area (Å²) in [6, 6.07) is 17.3. The van der Waals surface area contributed by atoms with Crippen LogP contribution < -0.4 is 29.7 Å². The lowest BCUT2D eigenvalue weighted by Gasteiger charge is -2.10. The summed E-state index contributed by atoms with van der Waals surface area (Å²) in [5, 5.41) is 6.68. The Morgan fingerprint density at radius 3 is 2.09 bits per heavy atom. The molecule has 2 N–H and O–H groups in total. The summed E-state index contributed by atoms with van der Waals surface area (Å²) in [4.78, 5) is 25.8. The van der Waals surface area contributed by atoms with Crippen LogP contribution in [0.25, 0.3) is 6.08 Å².